The molecule has 27 heavy (non-hydrogen) atoms. The fourth-order valence-electron chi connectivity index (χ4n) is 2.31. The lowest BCUT2D eigenvalue weighted by Crippen LogP contribution is -2.09. The predicted molar refractivity (Wildman–Crippen MR) is 91.9 cm³/mol. The van der Waals surface area contributed by atoms with Gasteiger partial charge in [0.15, 0.2) is 0 Å². The summed E-state index contributed by atoms with van der Waals surface area (Å²) >= 11 is 0. The molecule has 0 spiro atoms. The summed E-state index contributed by atoms with van der Waals surface area (Å²) in [4.78, 5) is 8.80. The number of nitro groups is 1. The zero-order valence-corrected chi connectivity index (χ0v) is 15.4. The smallest absolute Gasteiger partial charge is 0.296 e. The fraction of sp³-hybridized carbons (Fsp3) is 0.143. The van der Waals surface area contributed by atoms with Crippen LogP contribution in [0.25, 0.3) is 0 Å². The van der Waals surface area contributed by atoms with Gasteiger partial charge >= 0.3 is 0 Å². The highest BCUT2D eigenvalue weighted by Gasteiger charge is 2.25. The van der Waals surface area contributed by atoms with Crippen molar-refractivity contribution in [2.24, 2.45) is 0 Å². The number of hydrogen-bond donors (Lipinski definition) is 3. The van der Waals surface area contributed by atoms with Crippen molar-refractivity contribution in [1.82, 2.24) is 0 Å². The van der Waals surface area contributed by atoms with Crippen LogP contribution in [0.5, 0.6) is 0 Å². The van der Waals surface area contributed by atoms with E-state index in [9.17, 15) is 40.4 Å². The Morgan fingerprint density at radius 2 is 1.48 bits per heavy atom. The average Bonchev–Trinajstić information content (AvgIpc) is 2.49. The van der Waals surface area contributed by atoms with Gasteiger partial charge in [0.05, 0.1) is 15.5 Å². The predicted octanol–water partition coefficient (Wildman–Crippen LogP) is 2.59. The summed E-state index contributed by atoms with van der Waals surface area (Å²) < 4.78 is 78.5. The molecule has 0 aliphatic rings. The van der Waals surface area contributed by atoms with Crippen LogP contribution in [0.4, 0.5) is 21.5 Å². The van der Waals surface area contributed by atoms with E-state index in [0.717, 1.165) is 19.1 Å². The molecule has 0 saturated carbocycles. The Morgan fingerprint density at radius 1 is 0.926 bits per heavy atom. The van der Waals surface area contributed by atoms with Crippen molar-refractivity contribution in [1.29, 1.82) is 0 Å². The summed E-state index contributed by atoms with van der Waals surface area (Å²) in [6.07, 6.45) is 0. The second kappa shape index (κ2) is 6.84. The molecule has 0 heterocycles. The molecule has 2 aromatic rings. The number of hydrogen-bond acceptors (Lipinski definition) is 7. The van der Waals surface area contributed by atoms with Crippen LogP contribution in [0.1, 0.15) is 11.1 Å². The van der Waals surface area contributed by atoms with Crippen molar-refractivity contribution < 1.29 is 35.3 Å². The van der Waals surface area contributed by atoms with Gasteiger partial charge in [-0.25, -0.2) is 4.39 Å². The van der Waals surface area contributed by atoms with E-state index in [1.165, 1.54) is 6.92 Å². The average molecular weight is 420 g/mol. The standard InChI is InChI=1S/C14H13FN2O8S2/c1-7-3-12(17(18)19)10(5-9(7)15)16-11-6-13(26(20,21)22)8(2)4-14(11)27(23,24)25/h3-6,16H,1-2H3,(H,20,21,22)(H,23,24,25). The number of nitrogens with one attached hydrogen (secondary N) is 1. The molecule has 0 radical (unpaired) electrons. The molecule has 0 unspecified atom stereocenters. The van der Waals surface area contributed by atoms with Gasteiger partial charge in [-0.3, -0.25) is 19.2 Å². The number of rotatable bonds is 5. The van der Waals surface area contributed by atoms with Crippen LogP contribution in [0.2, 0.25) is 0 Å². The first-order chi connectivity index (χ1) is 12.2. The molecular weight excluding hydrogens is 407 g/mol. The molecule has 146 valence electrons. The summed E-state index contributed by atoms with van der Waals surface area (Å²) in [6.45, 7) is 2.44. The number of anilines is 2. The molecular formula is C14H13FN2O8S2. The maximum Gasteiger partial charge on any atom is 0.296 e. The Morgan fingerprint density at radius 3 is 1.96 bits per heavy atom. The molecule has 0 aliphatic heterocycles. The van der Waals surface area contributed by atoms with E-state index in [1.807, 2.05) is 0 Å². The van der Waals surface area contributed by atoms with Crippen LogP contribution in [0.3, 0.4) is 0 Å². The van der Waals surface area contributed by atoms with Crippen molar-refractivity contribution in [3.63, 3.8) is 0 Å². The first-order valence-corrected chi connectivity index (χ1v) is 9.91. The van der Waals surface area contributed by atoms with E-state index in [1.54, 1.807) is 0 Å². The highest BCUT2D eigenvalue weighted by atomic mass is 32.2. The van der Waals surface area contributed by atoms with Crippen LogP contribution in [-0.4, -0.2) is 30.9 Å². The Kier molecular flexibility index (Phi) is 5.25. The summed E-state index contributed by atoms with van der Waals surface area (Å²) in [7, 11) is -9.67. The first-order valence-electron chi connectivity index (χ1n) is 7.03. The van der Waals surface area contributed by atoms with Gasteiger partial charge < -0.3 is 5.32 Å². The number of nitrogens with zero attached hydrogens (tertiary/aromatic N) is 1. The lowest BCUT2D eigenvalue weighted by molar-refractivity contribution is -0.384. The molecule has 10 nitrogen and oxygen atoms in total. The summed E-state index contributed by atoms with van der Waals surface area (Å²) in [5.41, 5.74) is -1.98. The second-order valence-corrected chi connectivity index (χ2v) is 8.34. The quantitative estimate of drug-likeness (QED) is 0.374. The number of halogens is 1. The largest absolute Gasteiger partial charge is 0.349 e. The minimum absolute atomic E-state index is 0.0511. The van der Waals surface area contributed by atoms with Gasteiger partial charge in [-0.1, -0.05) is 0 Å². The molecule has 13 heteroatoms. The Bertz CT molecular complexity index is 1160. The van der Waals surface area contributed by atoms with Gasteiger partial charge in [0, 0.05) is 12.1 Å². The highest BCUT2D eigenvalue weighted by Crippen LogP contribution is 2.35. The molecule has 0 saturated heterocycles. The van der Waals surface area contributed by atoms with Gasteiger partial charge in [0.25, 0.3) is 25.9 Å². The molecule has 0 fully saturated rings. The number of benzene rings is 2. The van der Waals surface area contributed by atoms with E-state index in [-0.39, 0.29) is 11.1 Å². The zero-order chi connectivity index (χ0) is 20.7. The van der Waals surface area contributed by atoms with Crippen LogP contribution in [0, 0.1) is 29.8 Å². The molecule has 0 amide bonds. The monoisotopic (exact) mass is 420 g/mol. The molecule has 0 aromatic heterocycles. The van der Waals surface area contributed by atoms with Gasteiger partial charge in [-0.15, -0.1) is 0 Å². The molecule has 0 bridgehead atoms. The van der Waals surface area contributed by atoms with E-state index in [0.29, 0.717) is 12.1 Å². The van der Waals surface area contributed by atoms with Gasteiger partial charge in [0.1, 0.15) is 16.4 Å². The van der Waals surface area contributed by atoms with Crippen LogP contribution in [0.15, 0.2) is 34.1 Å². The SMILES string of the molecule is Cc1cc([N+](=O)[O-])c(Nc2cc(S(=O)(=O)O)c(C)cc2S(=O)(=O)O)cc1F. The highest BCUT2D eigenvalue weighted by molar-refractivity contribution is 7.86. The van der Waals surface area contributed by atoms with Crippen molar-refractivity contribution in [3.05, 3.63) is 51.3 Å². The van der Waals surface area contributed by atoms with Crippen LogP contribution in [-0.2, 0) is 20.2 Å². The minimum atomic E-state index is -4.89. The van der Waals surface area contributed by atoms with E-state index >= 15 is 0 Å². The Hall–Kier alpha value is -2.61. The van der Waals surface area contributed by atoms with Crippen molar-refractivity contribution in [2.45, 2.75) is 23.6 Å². The van der Waals surface area contributed by atoms with Crippen LogP contribution < -0.4 is 5.32 Å². The number of aryl methyl sites for hydroxylation is 2. The third-order valence-corrected chi connectivity index (χ3v) is 5.47. The molecule has 0 aliphatic carbocycles. The maximum atomic E-state index is 13.8. The Balaban J connectivity index is 2.79. The summed E-state index contributed by atoms with van der Waals surface area (Å²) in [5, 5.41) is 13.4. The molecule has 2 rings (SSSR count). The second-order valence-electron chi connectivity index (χ2n) is 5.56. The van der Waals surface area contributed by atoms with Gasteiger partial charge in [-0.2, -0.15) is 16.8 Å². The zero-order valence-electron chi connectivity index (χ0n) is 13.8. The minimum Gasteiger partial charge on any atom is -0.349 e. The van der Waals surface area contributed by atoms with E-state index in [4.69, 9.17) is 0 Å². The molecule has 2 aromatic carbocycles. The summed E-state index contributed by atoms with van der Waals surface area (Å²) in [5.74, 6) is -0.848. The number of nitro benzene ring substituents is 1. The Labute approximate surface area is 153 Å². The summed E-state index contributed by atoms with van der Waals surface area (Å²) in [6, 6.07) is 3.02. The van der Waals surface area contributed by atoms with Crippen molar-refractivity contribution in [2.75, 3.05) is 5.32 Å². The first kappa shape index (κ1) is 20.7. The van der Waals surface area contributed by atoms with Gasteiger partial charge in [-0.05, 0) is 37.1 Å². The molecule has 3 N–H and O–H groups in total. The third-order valence-electron chi connectivity index (χ3n) is 3.58. The maximum absolute atomic E-state index is 13.8. The fourth-order valence-corrected chi connectivity index (χ4v) is 3.76. The topological polar surface area (TPSA) is 164 Å². The van der Waals surface area contributed by atoms with Crippen molar-refractivity contribution in [3.8, 4) is 0 Å². The van der Waals surface area contributed by atoms with Gasteiger partial charge in [0.2, 0.25) is 0 Å². The third kappa shape index (κ3) is 4.39. The lowest BCUT2D eigenvalue weighted by Gasteiger charge is -2.14. The van der Waals surface area contributed by atoms with E-state index < -0.39 is 57.8 Å². The molecule has 0 atom stereocenters. The normalized spacial score (nSPS) is 12.0. The van der Waals surface area contributed by atoms with Crippen LogP contribution >= 0.6 is 0 Å². The lowest BCUT2D eigenvalue weighted by atomic mass is 10.1. The van der Waals surface area contributed by atoms with Crippen molar-refractivity contribution >= 4 is 37.3 Å². The van der Waals surface area contributed by atoms with E-state index in [2.05, 4.69) is 5.32 Å².